The minimum Gasteiger partial charge on any atom is -0.400 e. The van der Waals surface area contributed by atoms with Crippen LogP contribution >= 0.6 is 0 Å². The second-order valence-corrected chi connectivity index (χ2v) is 6.21. The molecule has 0 aromatic carbocycles. The average molecular weight is 324 g/mol. The van der Waals surface area contributed by atoms with E-state index in [2.05, 4.69) is 43.1 Å². The number of nitrogens with one attached hydrogen (secondary N) is 1. The molecule has 0 bridgehead atoms. The zero-order chi connectivity index (χ0) is 17.4. The Bertz CT molecular complexity index is 541. The predicted octanol–water partition coefficient (Wildman–Crippen LogP) is 2.25. The second kappa shape index (κ2) is 9.04. The number of hydrazone groups is 1. The van der Waals surface area contributed by atoms with Crippen LogP contribution in [0.25, 0.3) is 0 Å². The minimum absolute atomic E-state index is 0.207. The van der Waals surface area contributed by atoms with E-state index >= 15 is 0 Å². The van der Waals surface area contributed by atoms with Gasteiger partial charge in [-0.3, -0.25) is 19.8 Å². The summed E-state index contributed by atoms with van der Waals surface area (Å²) in [5, 5.41) is 14.2. The van der Waals surface area contributed by atoms with E-state index in [1.807, 2.05) is 0 Å². The molecule has 1 aromatic rings. The van der Waals surface area contributed by atoms with Crippen LogP contribution in [0.3, 0.4) is 0 Å². The third-order valence-corrected chi connectivity index (χ3v) is 2.79. The van der Waals surface area contributed by atoms with Crippen LogP contribution in [0.5, 0.6) is 0 Å². The summed E-state index contributed by atoms with van der Waals surface area (Å²) < 4.78 is 4.90. The van der Waals surface area contributed by atoms with Crippen LogP contribution in [0.4, 0.5) is 5.88 Å². The van der Waals surface area contributed by atoms with Gasteiger partial charge in [0, 0.05) is 13.1 Å². The Kier molecular flexibility index (Phi) is 7.40. The summed E-state index contributed by atoms with van der Waals surface area (Å²) in [6.07, 6.45) is 1.24. The molecule has 8 heteroatoms. The van der Waals surface area contributed by atoms with E-state index in [0.29, 0.717) is 11.8 Å². The van der Waals surface area contributed by atoms with Gasteiger partial charge in [0.25, 0.3) is 5.91 Å². The molecule has 0 saturated carbocycles. The highest BCUT2D eigenvalue weighted by Gasteiger charge is 2.13. The Morgan fingerprint density at radius 3 is 2.43 bits per heavy atom. The van der Waals surface area contributed by atoms with Crippen molar-refractivity contribution < 1.29 is 14.1 Å². The van der Waals surface area contributed by atoms with Crippen molar-refractivity contribution in [1.82, 2.24) is 10.3 Å². The zero-order valence-electron chi connectivity index (χ0n) is 14.0. The molecule has 0 saturated heterocycles. The summed E-state index contributed by atoms with van der Waals surface area (Å²) in [5.41, 5.74) is 2.41. The SMILES string of the molecule is CC(C)CN(CC(=O)N/N=C/c1ccc([N+](=O)[O-])o1)CC(C)C. The molecule has 0 spiro atoms. The number of nitrogens with zero attached hydrogens (tertiary/aromatic N) is 3. The minimum atomic E-state index is -0.633. The number of hydrogen-bond donors (Lipinski definition) is 1. The lowest BCUT2D eigenvalue weighted by molar-refractivity contribution is -0.402. The van der Waals surface area contributed by atoms with Gasteiger partial charge in [-0.05, 0) is 17.9 Å². The number of rotatable bonds is 9. The Hall–Kier alpha value is -2.22. The Balaban J connectivity index is 2.49. The number of carbonyl (C=O) groups is 1. The van der Waals surface area contributed by atoms with Crippen molar-refractivity contribution in [2.75, 3.05) is 19.6 Å². The average Bonchev–Trinajstić information content (AvgIpc) is 2.85. The van der Waals surface area contributed by atoms with Crippen LogP contribution in [0, 0.1) is 22.0 Å². The first kappa shape index (κ1) is 18.8. The van der Waals surface area contributed by atoms with Crippen molar-refractivity contribution in [3.05, 3.63) is 28.0 Å². The highest BCUT2D eigenvalue weighted by atomic mass is 16.6. The summed E-state index contributed by atoms with van der Waals surface area (Å²) in [6.45, 7) is 10.3. The second-order valence-electron chi connectivity index (χ2n) is 6.21. The number of hydrogen-bond acceptors (Lipinski definition) is 6. The van der Waals surface area contributed by atoms with E-state index in [0.717, 1.165) is 13.1 Å². The standard InChI is InChI=1S/C15H24N4O4/c1-11(2)8-18(9-12(3)4)10-14(20)17-16-7-13-5-6-15(23-13)19(21)22/h5-7,11-12H,8-10H2,1-4H3,(H,17,20)/b16-7+. The van der Waals surface area contributed by atoms with Gasteiger partial charge in [-0.15, -0.1) is 0 Å². The number of furan rings is 1. The molecule has 0 aliphatic heterocycles. The van der Waals surface area contributed by atoms with E-state index in [1.54, 1.807) is 0 Å². The summed E-state index contributed by atoms with van der Waals surface area (Å²) in [6, 6.07) is 2.65. The molecule has 0 fully saturated rings. The molecule has 1 amide bonds. The quantitative estimate of drug-likeness (QED) is 0.426. The van der Waals surface area contributed by atoms with Crippen LogP contribution in [0.15, 0.2) is 21.7 Å². The van der Waals surface area contributed by atoms with E-state index in [4.69, 9.17) is 4.42 Å². The molecule has 1 rings (SSSR count). The van der Waals surface area contributed by atoms with Gasteiger partial charge in [-0.1, -0.05) is 27.7 Å². The molecule has 0 radical (unpaired) electrons. The fourth-order valence-electron chi connectivity index (χ4n) is 2.15. The van der Waals surface area contributed by atoms with Gasteiger partial charge in [0.1, 0.15) is 4.92 Å². The van der Waals surface area contributed by atoms with Crippen LogP contribution < -0.4 is 5.43 Å². The molecule has 0 aliphatic rings. The number of carbonyl (C=O) groups excluding carboxylic acids is 1. The third kappa shape index (κ3) is 7.55. The topological polar surface area (TPSA) is 101 Å². The van der Waals surface area contributed by atoms with Crippen molar-refractivity contribution >= 4 is 18.0 Å². The third-order valence-electron chi connectivity index (χ3n) is 2.79. The molecule has 0 aliphatic carbocycles. The highest BCUT2D eigenvalue weighted by Crippen LogP contribution is 2.13. The molecule has 128 valence electrons. The summed E-state index contributed by atoms with van der Waals surface area (Å²) in [7, 11) is 0. The van der Waals surface area contributed by atoms with Crippen LogP contribution in [-0.2, 0) is 4.79 Å². The van der Waals surface area contributed by atoms with Gasteiger partial charge in [0.15, 0.2) is 5.76 Å². The molecule has 1 aromatic heterocycles. The fraction of sp³-hybridized carbons (Fsp3) is 0.600. The zero-order valence-corrected chi connectivity index (χ0v) is 14.0. The Morgan fingerprint density at radius 1 is 1.35 bits per heavy atom. The van der Waals surface area contributed by atoms with Gasteiger partial charge in [-0.25, -0.2) is 5.43 Å². The first-order valence-corrected chi connectivity index (χ1v) is 7.56. The van der Waals surface area contributed by atoms with Gasteiger partial charge < -0.3 is 4.42 Å². The summed E-state index contributed by atoms with van der Waals surface area (Å²) >= 11 is 0. The van der Waals surface area contributed by atoms with Gasteiger partial charge in [0.2, 0.25) is 0 Å². The first-order chi connectivity index (χ1) is 10.8. The number of nitro groups is 1. The maximum Gasteiger partial charge on any atom is 0.433 e. The molecular weight excluding hydrogens is 300 g/mol. The smallest absolute Gasteiger partial charge is 0.400 e. The lowest BCUT2D eigenvalue weighted by Crippen LogP contribution is -2.39. The first-order valence-electron chi connectivity index (χ1n) is 7.56. The van der Waals surface area contributed by atoms with Crippen molar-refractivity contribution in [2.24, 2.45) is 16.9 Å². The Morgan fingerprint density at radius 2 is 1.96 bits per heavy atom. The largest absolute Gasteiger partial charge is 0.433 e. The van der Waals surface area contributed by atoms with E-state index in [-0.39, 0.29) is 24.1 Å². The lowest BCUT2D eigenvalue weighted by Gasteiger charge is -2.24. The van der Waals surface area contributed by atoms with Crippen molar-refractivity contribution in [2.45, 2.75) is 27.7 Å². The normalized spacial score (nSPS) is 11.8. The molecule has 1 N–H and O–H groups in total. The maximum absolute atomic E-state index is 11.9. The highest BCUT2D eigenvalue weighted by molar-refractivity contribution is 5.81. The van der Waals surface area contributed by atoms with E-state index in [1.165, 1.54) is 18.3 Å². The van der Waals surface area contributed by atoms with Crippen molar-refractivity contribution in [3.63, 3.8) is 0 Å². The van der Waals surface area contributed by atoms with Gasteiger partial charge in [0.05, 0.1) is 18.8 Å². The summed E-state index contributed by atoms with van der Waals surface area (Å²) in [4.78, 5) is 23.8. The Labute approximate surface area is 135 Å². The van der Waals surface area contributed by atoms with Crippen LogP contribution in [-0.4, -0.2) is 41.6 Å². The van der Waals surface area contributed by atoms with E-state index < -0.39 is 4.92 Å². The molecule has 0 atom stereocenters. The molecular formula is C15H24N4O4. The van der Waals surface area contributed by atoms with Crippen LogP contribution in [0.2, 0.25) is 0 Å². The van der Waals surface area contributed by atoms with E-state index in [9.17, 15) is 14.9 Å². The molecule has 1 heterocycles. The molecule has 0 unspecified atom stereocenters. The van der Waals surface area contributed by atoms with Gasteiger partial charge >= 0.3 is 5.88 Å². The van der Waals surface area contributed by atoms with Crippen molar-refractivity contribution in [3.8, 4) is 0 Å². The monoisotopic (exact) mass is 324 g/mol. The predicted molar refractivity (Wildman–Crippen MR) is 87.2 cm³/mol. The van der Waals surface area contributed by atoms with Crippen molar-refractivity contribution in [1.29, 1.82) is 0 Å². The summed E-state index contributed by atoms with van der Waals surface area (Å²) in [5.74, 6) is 0.544. The molecule has 8 nitrogen and oxygen atoms in total. The lowest BCUT2D eigenvalue weighted by atomic mass is 10.1. The fourth-order valence-corrected chi connectivity index (χ4v) is 2.15. The van der Waals surface area contributed by atoms with Gasteiger partial charge in [-0.2, -0.15) is 5.10 Å². The van der Waals surface area contributed by atoms with Crippen LogP contribution in [0.1, 0.15) is 33.5 Å². The maximum atomic E-state index is 11.9. The molecule has 23 heavy (non-hydrogen) atoms. The number of amides is 1.